The monoisotopic (exact) mass is 300 g/mol. The number of nitrogens with two attached hydrogens (primary N) is 1. The smallest absolute Gasteiger partial charge is 0.200 e. The Morgan fingerprint density at radius 2 is 1.90 bits per heavy atom. The Balaban J connectivity index is 1.74. The molecule has 0 radical (unpaired) electrons. The van der Waals surface area contributed by atoms with Crippen LogP contribution in [0.15, 0.2) is 46.6 Å². The Morgan fingerprint density at radius 1 is 1.10 bits per heavy atom. The minimum Gasteiger partial charge on any atom is -0.486 e. The second-order valence-corrected chi connectivity index (χ2v) is 5.56. The van der Waals surface area contributed by atoms with Crippen molar-refractivity contribution >= 4 is 23.1 Å². The van der Waals surface area contributed by atoms with Crippen molar-refractivity contribution in [2.24, 2.45) is 0 Å². The van der Waals surface area contributed by atoms with Crippen LogP contribution in [0.2, 0.25) is 0 Å². The summed E-state index contributed by atoms with van der Waals surface area (Å²) in [5.41, 5.74) is 7.53. The molecule has 0 atom stereocenters. The van der Waals surface area contributed by atoms with Gasteiger partial charge in [-0.25, -0.2) is 0 Å². The number of fused-ring (bicyclic) bond motifs is 2. The van der Waals surface area contributed by atoms with Crippen molar-refractivity contribution < 1.29 is 9.47 Å². The molecule has 2 N–H and O–H groups in total. The lowest BCUT2D eigenvalue weighted by Crippen LogP contribution is -2.15. The van der Waals surface area contributed by atoms with Crippen molar-refractivity contribution in [3.05, 3.63) is 36.5 Å². The first-order chi connectivity index (χ1) is 10.3. The Morgan fingerprint density at radius 3 is 2.76 bits per heavy atom. The molecular weight excluding hydrogens is 288 g/mol. The zero-order chi connectivity index (χ0) is 14.2. The Hall–Kier alpha value is -2.41. The molecule has 0 saturated heterocycles. The fourth-order valence-electron chi connectivity index (χ4n) is 2.16. The molecule has 4 rings (SSSR count). The molecule has 0 aliphatic carbocycles. The van der Waals surface area contributed by atoms with Crippen LogP contribution < -0.4 is 15.2 Å². The summed E-state index contributed by atoms with van der Waals surface area (Å²) in [6.45, 7) is 1.10. The number of aromatic nitrogens is 3. The highest BCUT2D eigenvalue weighted by molar-refractivity contribution is 7.99. The van der Waals surface area contributed by atoms with Crippen LogP contribution in [-0.4, -0.2) is 27.8 Å². The Labute approximate surface area is 124 Å². The van der Waals surface area contributed by atoms with Gasteiger partial charge in [0.15, 0.2) is 17.1 Å². The molecule has 3 aromatic rings. The van der Waals surface area contributed by atoms with E-state index in [1.54, 1.807) is 6.07 Å². The van der Waals surface area contributed by atoms with E-state index in [0.29, 0.717) is 30.4 Å². The first-order valence-electron chi connectivity index (χ1n) is 6.48. The van der Waals surface area contributed by atoms with Gasteiger partial charge in [-0.05, 0) is 23.9 Å². The van der Waals surface area contributed by atoms with Crippen molar-refractivity contribution in [1.82, 2.24) is 14.6 Å². The van der Waals surface area contributed by atoms with E-state index in [1.807, 2.05) is 34.9 Å². The molecule has 6 nitrogen and oxygen atoms in total. The van der Waals surface area contributed by atoms with Gasteiger partial charge >= 0.3 is 0 Å². The van der Waals surface area contributed by atoms with Crippen LogP contribution in [0.3, 0.4) is 0 Å². The molecule has 106 valence electrons. The van der Waals surface area contributed by atoms with Gasteiger partial charge in [0.1, 0.15) is 13.2 Å². The van der Waals surface area contributed by atoms with E-state index >= 15 is 0 Å². The van der Waals surface area contributed by atoms with E-state index in [0.717, 1.165) is 15.7 Å². The number of pyridine rings is 1. The molecule has 1 aromatic carbocycles. The zero-order valence-electron chi connectivity index (χ0n) is 11.0. The number of anilines is 1. The van der Waals surface area contributed by atoms with Gasteiger partial charge in [-0.3, -0.25) is 4.40 Å². The largest absolute Gasteiger partial charge is 0.486 e. The van der Waals surface area contributed by atoms with E-state index in [2.05, 4.69) is 10.2 Å². The predicted molar refractivity (Wildman–Crippen MR) is 79.0 cm³/mol. The number of hydrogen-bond donors (Lipinski definition) is 1. The lowest BCUT2D eigenvalue weighted by molar-refractivity contribution is 0.171. The molecule has 0 amide bonds. The van der Waals surface area contributed by atoms with E-state index in [1.165, 1.54) is 11.8 Å². The van der Waals surface area contributed by atoms with Gasteiger partial charge in [-0.1, -0.05) is 6.07 Å². The summed E-state index contributed by atoms with van der Waals surface area (Å²) in [6, 6.07) is 9.45. The molecule has 7 heteroatoms. The topological polar surface area (TPSA) is 74.7 Å². The second kappa shape index (κ2) is 4.85. The molecule has 21 heavy (non-hydrogen) atoms. The standard InChI is InChI=1S/C14H12N4O2S/c15-9-7-10-11(20-6-5-19-10)8-12(9)21-14-17-16-13-3-1-2-4-18(13)14/h1-4,7-8H,5-6,15H2. The van der Waals surface area contributed by atoms with E-state index < -0.39 is 0 Å². The third-order valence-corrected chi connectivity index (χ3v) is 4.19. The van der Waals surface area contributed by atoms with Crippen LogP contribution in [0.4, 0.5) is 5.69 Å². The summed E-state index contributed by atoms with van der Waals surface area (Å²) in [5, 5.41) is 9.08. The van der Waals surface area contributed by atoms with Gasteiger partial charge in [0.25, 0.3) is 0 Å². The third-order valence-electron chi connectivity index (χ3n) is 3.16. The van der Waals surface area contributed by atoms with Crippen molar-refractivity contribution in [3.63, 3.8) is 0 Å². The quantitative estimate of drug-likeness (QED) is 0.732. The summed E-state index contributed by atoms with van der Waals surface area (Å²) in [5.74, 6) is 1.40. The van der Waals surface area contributed by atoms with Gasteiger partial charge < -0.3 is 15.2 Å². The first-order valence-corrected chi connectivity index (χ1v) is 7.30. The zero-order valence-corrected chi connectivity index (χ0v) is 11.8. The van der Waals surface area contributed by atoms with Crippen LogP contribution in [0.1, 0.15) is 0 Å². The summed E-state index contributed by atoms with van der Waals surface area (Å²) in [6.07, 6.45) is 1.92. The fourth-order valence-corrected chi connectivity index (χ4v) is 3.04. The van der Waals surface area contributed by atoms with Gasteiger partial charge in [0.05, 0.1) is 0 Å². The van der Waals surface area contributed by atoms with E-state index in [4.69, 9.17) is 15.2 Å². The maximum Gasteiger partial charge on any atom is 0.200 e. The number of rotatable bonds is 2. The molecule has 1 aliphatic heterocycles. The fraction of sp³-hybridized carbons (Fsp3) is 0.143. The van der Waals surface area contributed by atoms with E-state index in [9.17, 15) is 0 Å². The molecule has 1 aliphatic rings. The molecule has 3 heterocycles. The Kier molecular flexibility index (Phi) is 2.85. The second-order valence-electron chi connectivity index (χ2n) is 4.55. The number of nitrogen functional groups attached to an aromatic ring is 1. The van der Waals surface area contributed by atoms with Crippen molar-refractivity contribution in [2.75, 3.05) is 18.9 Å². The summed E-state index contributed by atoms with van der Waals surface area (Å²) in [4.78, 5) is 0.873. The normalized spacial score (nSPS) is 13.5. The van der Waals surface area contributed by atoms with Crippen LogP contribution in [-0.2, 0) is 0 Å². The van der Waals surface area contributed by atoms with Crippen molar-refractivity contribution in [2.45, 2.75) is 10.1 Å². The average Bonchev–Trinajstić information content (AvgIpc) is 2.91. The first kappa shape index (κ1) is 12.3. The number of nitrogens with zero attached hydrogens (tertiary/aromatic N) is 3. The SMILES string of the molecule is Nc1cc2c(cc1Sc1nnc3ccccn13)OCCO2. The van der Waals surface area contributed by atoms with Gasteiger partial charge in [-0.15, -0.1) is 10.2 Å². The number of hydrogen-bond acceptors (Lipinski definition) is 6. The summed E-state index contributed by atoms with van der Waals surface area (Å²) < 4.78 is 13.0. The lowest BCUT2D eigenvalue weighted by Gasteiger charge is -2.19. The molecule has 0 fully saturated rings. The molecule has 0 saturated carbocycles. The van der Waals surface area contributed by atoms with Crippen molar-refractivity contribution in [1.29, 1.82) is 0 Å². The highest BCUT2D eigenvalue weighted by atomic mass is 32.2. The van der Waals surface area contributed by atoms with Crippen LogP contribution in [0.5, 0.6) is 11.5 Å². The minimum absolute atomic E-state index is 0.549. The van der Waals surface area contributed by atoms with E-state index in [-0.39, 0.29) is 0 Å². The molecule has 2 aromatic heterocycles. The maximum atomic E-state index is 6.09. The lowest BCUT2D eigenvalue weighted by atomic mass is 10.2. The molecular formula is C14H12N4O2S. The summed E-state index contributed by atoms with van der Waals surface area (Å²) in [7, 11) is 0. The highest BCUT2D eigenvalue weighted by Gasteiger charge is 2.16. The van der Waals surface area contributed by atoms with Crippen molar-refractivity contribution in [3.8, 4) is 11.5 Å². The predicted octanol–water partition coefficient (Wildman–Crippen LogP) is 2.23. The Bertz CT molecular complexity index is 818. The molecule has 0 unspecified atom stereocenters. The van der Waals surface area contributed by atoms with Gasteiger partial charge in [0.2, 0.25) is 5.16 Å². The number of benzene rings is 1. The highest BCUT2D eigenvalue weighted by Crippen LogP contribution is 2.40. The third kappa shape index (κ3) is 2.15. The van der Waals surface area contributed by atoms with Gasteiger partial charge in [-0.2, -0.15) is 0 Å². The van der Waals surface area contributed by atoms with Crippen LogP contribution >= 0.6 is 11.8 Å². The molecule has 0 spiro atoms. The average molecular weight is 300 g/mol. The summed E-state index contributed by atoms with van der Waals surface area (Å²) >= 11 is 1.45. The maximum absolute atomic E-state index is 6.09. The van der Waals surface area contributed by atoms with Crippen LogP contribution in [0, 0.1) is 0 Å². The van der Waals surface area contributed by atoms with Crippen LogP contribution in [0.25, 0.3) is 5.65 Å². The van der Waals surface area contributed by atoms with Gasteiger partial charge in [0, 0.05) is 28.9 Å². The minimum atomic E-state index is 0.549. The molecule has 0 bridgehead atoms. The number of ether oxygens (including phenoxy) is 2.